The molecule has 1 aliphatic rings. The summed E-state index contributed by atoms with van der Waals surface area (Å²) < 4.78 is 7.05. The number of carbonyl (C=O) groups is 1. The Morgan fingerprint density at radius 1 is 1.35 bits per heavy atom. The first-order chi connectivity index (χ1) is 9.38. The average molecular weight is 279 g/mol. The zero-order valence-corrected chi connectivity index (χ0v) is 12.3. The van der Waals surface area contributed by atoms with Crippen LogP contribution in [-0.2, 0) is 11.8 Å². The molecule has 2 atom stereocenters. The maximum atomic E-state index is 12.3. The first-order valence-electron chi connectivity index (χ1n) is 6.76. The Kier molecular flexibility index (Phi) is 4.13. The molecule has 1 aromatic heterocycles. The molecule has 1 fully saturated rings. The number of urea groups is 1. The second-order valence-electron chi connectivity index (χ2n) is 5.38. The van der Waals surface area contributed by atoms with E-state index < -0.39 is 0 Å². The number of morpholine rings is 1. The van der Waals surface area contributed by atoms with E-state index in [-0.39, 0.29) is 23.8 Å². The van der Waals surface area contributed by atoms with Crippen molar-refractivity contribution >= 4 is 11.7 Å². The van der Waals surface area contributed by atoms with Crippen LogP contribution in [0.3, 0.4) is 0 Å². The number of aryl methyl sites for hydroxylation is 2. The van der Waals surface area contributed by atoms with Gasteiger partial charge in [-0.05, 0) is 32.4 Å². The van der Waals surface area contributed by atoms with Crippen molar-refractivity contribution < 1.29 is 9.53 Å². The van der Waals surface area contributed by atoms with Crippen molar-refractivity contribution in [2.45, 2.75) is 33.0 Å². The molecule has 2 heterocycles. The van der Waals surface area contributed by atoms with Crippen molar-refractivity contribution in [1.82, 2.24) is 9.47 Å². The molecule has 0 bridgehead atoms. The monoisotopic (exact) mass is 279 g/mol. The lowest BCUT2D eigenvalue weighted by Crippen LogP contribution is -2.50. The number of aromatic nitrogens is 1. The lowest BCUT2D eigenvalue weighted by atomic mass is 10.2. The van der Waals surface area contributed by atoms with Crippen molar-refractivity contribution in [3.63, 3.8) is 0 Å². The van der Waals surface area contributed by atoms with Crippen molar-refractivity contribution in [3.05, 3.63) is 28.2 Å². The van der Waals surface area contributed by atoms with Crippen LogP contribution in [-0.4, -0.2) is 40.8 Å². The Labute approximate surface area is 118 Å². The van der Waals surface area contributed by atoms with Crippen LogP contribution in [0, 0.1) is 6.92 Å². The Morgan fingerprint density at radius 3 is 2.55 bits per heavy atom. The van der Waals surface area contributed by atoms with Gasteiger partial charge >= 0.3 is 6.03 Å². The van der Waals surface area contributed by atoms with Gasteiger partial charge in [0, 0.05) is 26.3 Å². The van der Waals surface area contributed by atoms with E-state index in [9.17, 15) is 9.59 Å². The standard InChI is InChI=1S/C14H21N3O3/c1-9-5-6-16(4)13(18)12(9)15-14(19)17-7-10(2)20-11(3)8-17/h5-6,10-11H,7-8H2,1-4H3,(H,15,19)/t10-,11-/m1/s1. The number of rotatable bonds is 1. The van der Waals surface area contributed by atoms with Crippen LogP contribution >= 0.6 is 0 Å². The van der Waals surface area contributed by atoms with E-state index in [2.05, 4.69) is 5.32 Å². The van der Waals surface area contributed by atoms with Gasteiger partial charge in [0.05, 0.1) is 12.2 Å². The fourth-order valence-electron chi connectivity index (χ4n) is 2.40. The van der Waals surface area contributed by atoms with Crippen LogP contribution in [0.2, 0.25) is 0 Å². The summed E-state index contributed by atoms with van der Waals surface area (Å²) in [5, 5.41) is 2.73. The van der Waals surface area contributed by atoms with Crippen molar-refractivity contribution in [1.29, 1.82) is 0 Å². The predicted octanol–water partition coefficient (Wildman–Crippen LogP) is 1.33. The zero-order chi connectivity index (χ0) is 14.9. The Balaban J connectivity index is 2.16. The third-order valence-corrected chi connectivity index (χ3v) is 3.42. The maximum absolute atomic E-state index is 12.3. The fourth-order valence-corrected chi connectivity index (χ4v) is 2.40. The summed E-state index contributed by atoms with van der Waals surface area (Å²) in [5.41, 5.74) is 0.898. The van der Waals surface area contributed by atoms with Gasteiger partial charge in [-0.15, -0.1) is 0 Å². The molecule has 0 spiro atoms. The fraction of sp³-hybridized carbons (Fsp3) is 0.571. The molecule has 20 heavy (non-hydrogen) atoms. The number of pyridine rings is 1. The molecule has 2 rings (SSSR count). The van der Waals surface area contributed by atoms with Crippen LogP contribution in [0.25, 0.3) is 0 Å². The summed E-state index contributed by atoms with van der Waals surface area (Å²) in [4.78, 5) is 26.0. The summed E-state index contributed by atoms with van der Waals surface area (Å²) in [7, 11) is 1.66. The third kappa shape index (κ3) is 3.01. The quantitative estimate of drug-likeness (QED) is 0.843. The minimum atomic E-state index is -0.251. The van der Waals surface area contributed by atoms with Gasteiger partial charge in [0.15, 0.2) is 0 Å². The van der Waals surface area contributed by atoms with Crippen LogP contribution in [0.15, 0.2) is 17.1 Å². The first kappa shape index (κ1) is 14.6. The molecule has 6 nitrogen and oxygen atoms in total. The summed E-state index contributed by atoms with van der Waals surface area (Å²) in [6.07, 6.45) is 1.69. The molecule has 0 aromatic carbocycles. The van der Waals surface area contributed by atoms with Crippen molar-refractivity contribution in [2.75, 3.05) is 18.4 Å². The maximum Gasteiger partial charge on any atom is 0.322 e. The minimum absolute atomic E-state index is 0.00389. The lowest BCUT2D eigenvalue weighted by molar-refractivity contribution is -0.0530. The second kappa shape index (κ2) is 5.66. The molecule has 2 amide bonds. The van der Waals surface area contributed by atoms with Crippen LogP contribution < -0.4 is 10.9 Å². The van der Waals surface area contributed by atoms with Crippen LogP contribution in [0.5, 0.6) is 0 Å². The molecule has 110 valence electrons. The smallest absolute Gasteiger partial charge is 0.322 e. The van der Waals surface area contributed by atoms with Gasteiger partial charge in [0.2, 0.25) is 0 Å². The molecular weight excluding hydrogens is 258 g/mol. The number of nitrogens with one attached hydrogen (secondary N) is 1. The minimum Gasteiger partial charge on any atom is -0.372 e. The molecule has 1 saturated heterocycles. The molecule has 0 aliphatic carbocycles. The number of ether oxygens (including phenoxy) is 1. The predicted molar refractivity (Wildman–Crippen MR) is 77.0 cm³/mol. The van der Waals surface area contributed by atoms with Gasteiger partial charge in [-0.25, -0.2) is 4.79 Å². The van der Waals surface area contributed by atoms with Crippen molar-refractivity contribution in [2.24, 2.45) is 7.05 Å². The number of amides is 2. The van der Waals surface area contributed by atoms with E-state index in [1.807, 2.05) is 26.8 Å². The normalized spacial score (nSPS) is 22.7. The lowest BCUT2D eigenvalue weighted by Gasteiger charge is -2.35. The summed E-state index contributed by atoms with van der Waals surface area (Å²) in [6, 6.07) is 1.56. The first-order valence-corrected chi connectivity index (χ1v) is 6.76. The molecular formula is C14H21N3O3. The highest BCUT2D eigenvalue weighted by molar-refractivity contribution is 5.90. The topological polar surface area (TPSA) is 63.6 Å². The van der Waals surface area contributed by atoms with Crippen LogP contribution in [0.4, 0.5) is 10.5 Å². The third-order valence-electron chi connectivity index (χ3n) is 3.42. The average Bonchev–Trinajstić information content (AvgIpc) is 2.38. The number of hydrogen-bond acceptors (Lipinski definition) is 3. The van der Waals surface area contributed by atoms with E-state index in [0.29, 0.717) is 18.8 Å². The van der Waals surface area contributed by atoms with Gasteiger partial charge in [0.1, 0.15) is 5.69 Å². The SMILES string of the molecule is Cc1ccn(C)c(=O)c1NC(=O)N1C[C@@H](C)O[C@H](C)C1. The molecule has 1 aromatic rings. The molecule has 1 aliphatic heterocycles. The zero-order valence-electron chi connectivity index (χ0n) is 12.3. The van der Waals surface area contributed by atoms with E-state index in [1.54, 1.807) is 18.1 Å². The van der Waals surface area contributed by atoms with Gasteiger partial charge < -0.3 is 19.5 Å². The molecule has 6 heteroatoms. The Bertz CT molecular complexity index is 557. The van der Waals surface area contributed by atoms with Gasteiger partial charge in [-0.2, -0.15) is 0 Å². The van der Waals surface area contributed by atoms with Crippen molar-refractivity contribution in [3.8, 4) is 0 Å². The van der Waals surface area contributed by atoms with Gasteiger partial charge in [-0.3, -0.25) is 4.79 Å². The largest absolute Gasteiger partial charge is 0.372 e. The summed E-state index contributed by atoms with van der Waals surface area (Å²) in [5.74, 6) is 0. The second-order valence-corrected chi connectivity index (χ2v) is 5.38. The number of hydrogen-bond donors (Lipinski definition) is 1. The summed E-state index contributed by atoms with van der Waals surface area (Å²) >= 11 is 0. The number of nitrogens with zero attached hydrogens (tertiary/aromatic N) is 2. The molecule has 0 unspecified atom stereocenters. The van der Waals surface area contributed by atoms with E-state index >= 15 is 0 Å². The van der Waals surface area contributed by atoms with Gasteiger partial charge in [-0.1, -0.05) is 0 Å². The number of carbonyl (C=O) groups excluding carboxylic acids is 1. The van der Waals surface area contributed by atoms with Gasteiger partial charge in [0.25, 0.3) is 5.56 Å². The van der Waals surface area contributed by atoms with Crippen LogP contribution in [0.1, 0.15) is 19.4 Å². The highest BCUT2D eigenvalue weighted by Gasteiger charge is 2.26. The number of anilines is 1. The Hall–Kier alpha value is -1.82. The Morgan fingerprint density at radius 2 is 1.95 bits per heavy atom. The molecule has 1 N–H and O–H groups in total. The van der Waals surface area contributed by atoms with E-state index in [1.165, 1.54) is 4.57 Å². The highest BCUT2D eigenvalue weighted by atomic mass is 16.5. The van der Waals surface area contributed by atoms with E-state index in [0.717, 1.165) is 5.56 Å². The molecule has 0 saturated carbocycles. The van der Waals surface area contributed by atoms with E-state index in [4.69, 9.17) is 4.74 Å². The summed E-state index contributed by atoms with van der Waals surface area (Å²) in [6.45, 7) is 6.73. The highest BCUT2D eigenvalue weighted by Crippen LogP contribution is 2.13. The molecule has 0 radical (unpaired) electrons.